The van der Waals surface area contributed by atoms with Crippen LogP contribution in [0.4, 0.5) is 0 Å². The van der Waals surface area contributed by atoms with Crippen molar-refractivity contribution in [1.82, 2.24) is 0 Å². The lowest BCUT2D eigenvalue weighted by molar-refractivity contribution is -0.932. The van der Waals surface area contributed by atoms with Crippen LogP contribution in [0.3, 0.4) is 0 Å². The van der Waals surface area contributed by atoms with Crippen LogP contribution in [0.5, 0.6) is 0 Å². The first-order valence-electron chi connectivity index (χ1n) is 9.50. The van der Waals surface area contributed by atoms with Gasteiger partial charge in [-0.15, -0.1) is 0 Å². The molecule has 3 nitrogen and oxygen atoms in total. The molecule has 0 rings (SSSR count). The third-order valence-electron chi connectivity index (χ3n) is 4.70. The fourth-order valence-corrected chi connectivity index (χ4v) is 2.59. The maximum absolute atomic E-state index is 11.6. The molecule has 0 bridgehead atoms. The van der Waals surface area contributed by atoms with Crippen molar-refractivity contribution >= 4 is 5.97 Å². The van der Waals surface area contributed by atoms with Gasteiger partial charge in [0, 0.05) is 12.5 Å². The fraction of sp³-hybridized carbons (Fsp3) is 0.850. The van der Waals surface area contributed by atoms with Crippen LogP contribution in [0, 0.1) is 0 Å². The quantitative estimate of drug-likeness (QED) is 0.146. The molecule has 0 spiro atoms. The number of ether oxygens (including phenoxy) is 1. The predicted octanol–water partition coefficient (Wildman–Crippen LogP) is 2.45. The highest BCUT2D eigenvalue weighted by molar-refractivity contribution is 5.86. The molecule has 0 radical (unpaired) electrons. The van der Waals surface area contributed by atoms with E-state index in [9.17, 15) is 4.79 Å². The Kier molecular flexibility index (Phi) is 16.1. The van der Waals surface area contributed by atoms with Gasteiger partial charge in [-0.3, -0.25) is 4.48 Å². The number of rotatable bonds is 14. The summed E-state index contributed by atoms with van der Waals surface area (Å²) < 4.78 is 6.17. The molecule has 144 valence electrons. The molecule has 0 aromatic carbocycles. The van der Waals surface area contributed by atoms with E-state index < -0.39 is 0 Å². The molecule has 1 atom stereocenters. The van der Waals surface area contributed by atoms with E-state index >= 15 is 0 Å². The van der Waals surface area contributed by atoms with Crippen LogP contribution in [0.2, 0.25) is 0 Å². The summed E-state index contributed by atoms with van der Waals surface area (Å²) in [5.74, 6) is -0.285. The standard InChI is InChI=1S/C20H40NO2.BrH/c1-7-8-9-10-11-12-13-14-15-16-17-21(5,6)19(4)23-20(22)18(2)3;/h19H,2,7-17H2,1,3-6H3;1H/q+1;/p-1. The Hall–Kier alpha value is -0.350. The molecule has 0 aromatic rings. The summed E-state index contributed by atoms with van der Waals surface area (Å²) >= 11 is 0. The van der Waals surface area contributed by atoms with Crippen molar-refractivity contribution in [3.63, 3.8) is 0 Å². The second-order valence-electron chi connectivity index (χ2n) is 7.47. The molecule has 0 N–H and O–H groups in total. The molecule has 0 amide bonds. The number of quaternary nitrogens is 1. The van der Waals surface area contributed by atoms with Gasteiger partial charge in [-0.2, -0.15) is 0 Å². The Balaban J connectivity index is 0. The largest absolute Gasteiger partial charge is 1.00 e. The van der Waals surface area contributed by atoms with Crippen molar-refractivity contribution in [2.24, 2.45) is 0 Å². The summed E-state index contributed by atoms with van der Waals surface area (Å²) in [6.45, 7) is 10.6. The third kappa shape index (κ3) is 13.0. The number of unbranched alkanes of at least 4 members (excludes halogenated alkanes) is 9. The van der Waals surface area contributed by atoms with Crippen LogP contribution >= 0.6 is 0 Å². The maximum atomic E-state index is 11.6. The normalized spacial score (nSPS) is 12.4. The van der Waals surface area contributed by atoms with E-state index in [1.165, 1.54) is 64.2 Å². The summed E-state index contributed by atoms with van der Waals surface area (Å²) in [6, 6.07) is 0. The van der Waals surface area contributed by atoms with Gasteiger partial charge in [-0.05, 0) is 19.8 Å². The lowest BCUT2D eigenvalue weighted by Gasteiger charge is -2.35. The molecule has 0 heterocycles. The molecule has 0 aliphatic rings. The van der Waals surface area contributed by atoms with Crippen LogP contribution in [0.25, 0.3) is 0 Å². The van der Waals surface area contributed by atoms with Crippen molar-refractivity contribution in [3.05, 3.63) is 12.2 Å². The number of carbonyl (C=O) groups excluding carboxylic acids is 1. The van der Waals surface area contributed by atoms with E-state index in [2.05, 4.69) is 27.6 Å². The molecule has 0 saturated heterocycles. The third-order valence-corrected chi connectivity index (χ3v) is 4.70. The van der Waals surface area contributed by atoms with Gasteiger partial charge in [0.2, 0.25) is 6.23 Å². The number of carbonyl (C=O) groups is 1. The topological polar surface area (TPSA) is 26.3 Å². The Bertz CT molecular complexity index is 343. The van der Waals surface area contributed by atoms with Gasteiger partial charge in [0.25, 0.3) is 0 Å². The van der Waals surface area contributed by atoms with E-state index in [4.69, 9.17) is 4.74 Å². The lowest BCUT2D eigenvalue weighted by atomic mass is 10.1. The molecule has 1 unspecified atom stereocenters. The number of halogens is 1. The van der Waals surface area contributed by atoms with Crippen LogP contribution in [0.1, 0.15) is 85.0 Å². The highest BCUT2D eigenvalue weighted by Crippen LogP contribution is 2.14. The van der Waals surface area contributed by atoms with E-state index in [1.807, 2.05) is 6.92 Å². The van der Waals surface area contributed by atoms with E-state index in [-0.39, 0.29) is 29.2 Å². The van der Waals surface area contributed by atoms with Crippen LogP contribution in [-0.4, -0.2) is 37.3 Å². The summed E-state index contributed by atoms with van der Waals surface area (Å²) in [6.07, 6.45) is 13.3. The molecule has 0 aromatic heterocycles. The van der Waals surface area contributed by atoms with Crippen molar-refractivity contribution in [2.45, 2.75) is 91.2 Å². The van der Waals surface area contributed by atoms with Crippen LogP contribution in [-0.2, 0) is 9.53 Å². The van der Waals surface area contributed by atoms with Gasteiger partial charge in [-0.25, -0.2) is 4.79 Å². The highest BCUT2D eigenvalue weighted by Gasteiger charge is 2.26. The van der Waals surface area contributed by atoms with Crippen molar-refractivity contribution in [2.75, 3.05) is 20.6 Å². The minimum absolute atomic E-state index is 0. The second kappa shape index (κ2) is 14.9. The van der Waals surface area contributed by atoms with Crippen LogP contribution < -0.4 is 17.0 Å². The first-order chi connectivity index (χ1) is 10.8. The first kappa shape index (κ1) is 25.9. The summed E-state index contributed by atoms with van der Waals surface area (Å²) in [7, 11) is 4.26. The molecule has 0 aliphatic heterocycles. The van der Waals surface area contributed by atoms with Crippen LogP contribution in [0.15, 0.2) is 12.2 Å². The van der Waals surface area contributed by atoms with Crippen molar-refractivity contribution in [3.8, 4) is 0 Å². The average Bonchev–Trinajstić information content (AvgIpc) is 2.48. The summed E-state index contributed by atoms with van der Waals surface area (Å²) in [5, 5.41) is 0. The lowest BCUT2D eigenvalue weighted by Crippen LogP contribution is -3.00. The minimum Gasteiger partial charge on any atom is -1.00 e. The Labute approximate surface area is 161 Å². The van der Waals surface area contributed by atoms with Gasteiger partial charge in [-0.1, -0.05) is 64.9 Å². The number of hydrogen-bond acceptors (Lipinski definition) is 2. The fourth-order valence-electron chi connectivity index (χ4n) is 2.59. The highest BCUT2D eigenvalue weighted by atomic mass is 79.9. The zero-order chi connectivity index (χ0) is 17.7. The van der Waals surface area contributed by atoms with Gasteiger partial charge in [0.15, 0.2) is 0 Å². The maximum Gasteiger partial charge on any atom is 0.337 e. The first-order valence-corrected chi connectivity index (χ1v) is 9.50. The smallest absolute Gasteiger partial charge is 0.337 e. The number of nitrogens with zero attached hydrogens (tertiary/aromatic N) is 1. The van der Waals surface area contributed by atoms with Gasteiger partial charge in [0.05, 0.1) is 20.6 Å². The molecular weight excluding hydrogens is 366 g/mol. The second-order valence-corrected chi connectivity index (χ2v) is 7.47. The van der Waals surface area contributed by atoms with E-state index in [0.717, 1.165) is 11.0 Å². The number of hydrogen-bond donors (Lipinski definition) is 0. The zero-order valence-electron chi connectivity index (χ0n) is 16.7. The van der Waals surface area contributed by atoms with E-state index in [0.29, 0.717) is 5.57 Å². The van der Waals surface area contributed by atoms with Crippen molar-refractivity contribution in [1.29, 1.82) is 0 Å². The van der Waals surface area contributed by atoms with Gasteiger partial charge in [0.1, 0.15) is 0 Å². The SMILES string of the molecule is C=C(C)C(=O)OC(C)[N+](C)(C)CCCCCCCCCCCC.[Br-]. The Morgan fingerprint density at radius 1 is 0.958 bits per heavy atom. The Morgan fingerprint density at radius 2 is 1.38 bits per heavy atom. The monoisotopic (exact) mass is 405 g/mol. The van der Waals surface area contributed by atoms with Gasteiger partial charge < -0.3 is 21.7 Å². The molecule has 0 aliphatic carbocycles. The Morgan fingerprint density at radius 3 is 1.79 bits per heavy atom. The summed E-state index contributed by atoms with van der Waals surface area (Å²) in [4.78, 5) is 11.6. The molecular formula is C20H40BrNO2. The molecule has 0 fully saturated rings. The average molecular weight is 406 g/mol. The molecule has 4 heteroatoms. The summed E-state index contributed by atoms with van der Waals surface area (Å²) in [5.41, 5.74) is 0.468. The minimum atomic E-state index is -0.285. The van der Waals surface area contributed by atoms with Gasteiger partial charge >= 0.3 is 5.97 Å². The molecule has 24 heavy (non-hydrogen) atoms. The zero-order valence-corrected chi connectivity index (χ0v) is 18.3. The predicted molar refractivity (Wildman–Crippen MR) is 99.2 cm³/mol. The van der Waals surface area contributed by atoms with E-state index in [1.54, 1.807) is 6.92 Å². The molecule has 0 saturated carbocycles. The number of esters is 1. The van der Waals surface area contributed by atoms with Crippen molar-refractivity contribution < 1.29 is 31.0 Å².